The summed E-state index contributed by atoms with van der Waals surface area (Å²) < 4.78 is 1.02. The maximum atomic E-state index is 11.3. The van der Waals surface area contributed by atoms with Crippen LogP contribution < -0.4 is 10.6 Å². The van der Waals surface area contributed by atoms with E-state index in [1.807, 2.05) is 19.9 Å². The average molecular weight is 497 g/mol. The Hall–Kier alpha value is -2.40. The summed E-state index contributed by atoms with van der Waals surface area (Å²) in [6.45, 7) is 3.68. The van der Waals surface area contributed by atoms with Crippen LogP contribution in [0.5, 0.6) is 0 Å². The molecule has 0 aliphatic heterocycles. The van der Waals surface area contributed by atoms with Crippen LogP contribution in [-0.4, -0.2) is 59.7 Å². The lowest BCUT2D eigenvalue weighted by molar-refractivity contribution is -0.0545. The van der Waals surface area contributed by atoms with Crippen molar-refractivity contribution in [1.82, 2.24) is 19.9 Å². The zero-order valence-electron chi connectivity index (χ0n) is 20.0. The number of nitrogens with zero attached hydrogens (tertiary/aromatic N) is 4. The first-order valence-corrected chi connectivity index (χ1v) is 13.3. The Kier molecular flexibility index (Phi) is 5.67. The molecular weight excluding hydrogens is 464 g/mol. The van der Waals surface area contributed by atoms with E-state index in [0.717, 1.165) is 39.0 Å². The van der Waals surface area contributed by atoms with Crippen LogP contribution in [0.3, 0.4) is 0 Å². The summed E-state index contributed by atoms with van der Waals surface area (Å²) in [7, 11) is 0. The lowest BCUT2D eigenvalue weighted by Gasteiger charge is -2.31. The zero-order chi connectivity index (χ0) is 24.3. The number of hydrogen-bond acceptors (Lipinski definition) is 10. The predicted molar refractivity (Wildman–Crippen MR) is 135 cm³/mol. The predicted octanol–water partition coefficient (Wildman–Crippen LogP) is 3.23. The van der Waals surface area contributed by atoms with Crippen molar-refractivity contribution in [2.75, 3.05) is 17.2 Å². The van der Waals surface area contributed by atoms with Gasteiger partial charge in [-0.3, -0.25) is 4.98 Å². The first-order chi connectivity index (χ1) is 16.8. The summed E-state index contributed by atoms with van der Waals surface area (Å²) in [4.78, 5) is 18.8. The highest BCUT2D eigenvalue weighted by Crippen LogP contribution is 2.46. The first kappa shape index (κ1) is 23.0. The van der Waals surface area contributed by atoms with Gasteiger partial charge in [0.15, 0.2) is 5.72 Å². The van der Waals surface area contributed by atoms with Crippen LogP contribution in [0.15, 0.2) is 12.3 Å². The molecule has 0 saturated heterocycles. The minimum absolute atomic E-state index is 0.179. The number of thiazole rings is 1. The molecule has 9 nitrogen and oxygen atoms in total. The van der Waals surface area contributed by atoms with E-state index in [9.17, 15) is 15.3 Å². The van der Waals surface area contributed by atoms with Crippen LogP contribution >= 0.6 is 11.3 Å². The molecule has 0 amide bonds. The highest BCUT2D eigenvalue weighted by molar-refractivity contribution is 7.21. The smallest absolute Gasteiger partial charge is 0.225 e. The number of aliphatic hydroxyl groups excluding tert-OH is 2. The van der Waals surface area contributed by atoms with Gasteiger partial charge in [-0.15, -0.1) is 11.3 Å². The van der Waals surface area contributed by atoms with E-state index in [-0.39, 0.29) is 12.5 Å². The van der Waals surface area contributed by atoms with E-state index in [2.05, 4.69) is 15.6 Å². The van der Waals surface area contributed by atoms with Gasteiger partial charge >= 0.3 is 0 Å². The quantitative estimate of drug-likeness (QED) is 0.326. The Morgan fingerprint density at radius 1 is 1.11 bits per heavy atom. The van der Waals surface area contributed by atoms with Gasteiger partial charge in [0.25, 0.3) is 0 Å². The van der Waals surface area contributed by atoms with E-state index >= 15 is 0 Å². The first-order valence-electron chi connectivity index (χ1n) is 12.5. The Morgan fingerprint density at radius 3 is 2.66 bits per heavy atom. The van der Waals surface area contributed by atoms with E-state index in [1.165, 1.54) is 30.6 Å². The molecule has 5 N–H and O–H groups in total. The maximum Gasteiger partial charge on any atom is 0.225 e. The van der Waals surface area contributed by atoms with Crippen molar-refractivity contribution in [2.45, 2.75) is 70.2 Å². The van der Waals surface area contributed by atoms with Crippen molar-refractivity contribution < 1.29 is 15.3 Å². The molecule has 3 aliphatic carbocycles. The SMILES string of the molecule is Cc1nc(NC2CC3CCC2C3)nc(NC2(O)CCC(CO)C2O)c1-c1nc2c(C)nccc2s1. The zero-order valence-corrected chi connectivity index (χ0v) is 20.8. The summed E-state index contributed by atoms with van der Waals surface area (Å²) in [6, 6.07) is 2.31. The number of rotatable bonds is 6. The second kappa shape index (κ2) is 8.62. The molecule has 3 aromatic rings. The molecule has 10 heteroatoms. The minimum Gasteiger partial charge on any atom is -0.396 e. The van der Waals surface area contributed by atoms with E-state index in [4.69, 9.17) is 15.0 Å². The molecule has 35 heavy (non-hydrogen) atoms. The second-order valence-electron chi connectivity index (χ2n) is 10.5. The van der Waals surface area contributed by atoms with Gasteiger partial charge in [-0.05, 0) is 63.9 Å². The van der Waals surface area contributed by atoms with Crippen LogP contribution in [0.1, 0.15) is 49.9 Å². The Balaban J connectivity index is 1.41. The van der Waals surface area contributed by atoms with E-state index < -0.39 is 11.8 Å². The monoisotopic (exact) mass is 496 g/mol. The molecular formula is C25H32N6O3S. The van der Waals surface area contributed by atoms with Crippen molar-refractivity contribution in [1.29, 1.82) is 0 Å². The molecule has 0 radical (unpaired) electrons. The molecule has 3 aromatic heterocycles. The molecule has 6 rings (SSSR count). The molecule has 6 atom stereocenters. The van der Waals surface area contributed by atoms with Gasteiger partial charge in [0.2, 0.25) is 5.95 Å². The molecule has 3 saturated carbocycles. The summed E-state index contributed by atoms with van der Waals surface area (Å²) in [5.74, 6) is 2.03. The van der Waals surface area contributed by atoms with Crippen LogP contribution in [0, 0.1) is 31.6 Å². The van der Waals surface area contributed by atoms with Crippen molar-refractivity contribution in [3.05, 3.63) is 23.7 Å². The van der Waals surface area contributed by atoms with E-state index in [1.54, 1.807) is 6.20 Å². The minimum atomic E-state index is -1.60. The molecule has 2 bridgehead atoms. The topological polar surface area (TPSA) is 136 Å². The Morgan fingerprint density at radius 2 is 1.97 bits per heavy atom. The Bertz CT molecular complexity index is 1270. The number of fused-ring (bicyclic) bond motifs is 3. The molecule has 0 spiro atoms. The summed E-state index contributed by atoms with van der Waals surface area (Å²) in [5.41, 5.74) is 1.54. The van der Waals surface area contributed by atoms with Gasteiger partial charge < -0.3 is 26.0 Å². The van der Waals surface area contributed by atoms with Crippen molar-refractivity contribution in [2.24, 2.45) is 17.8 Å². The van der Waals surface area contributed by atoms with Gasteiger partial charge in [0, 0.05) is 24.8 Å². The fraction of sp³-hybridized carbons (Fsp3) is 0.600. The molecule has 3 fully saturated rings. The van der Waals surface area contributed by atoms with Crippen molar-refractivity contribution >= 4 is 33.3 Å². The number of aliphatic hydroxyl groups is 3. The van der Waals surface area contributed by atoms with Gasteiger partial charge in [0.1, 0.15) is 22.4 Å². The summed E-state index contributed by atoms with van der Waals surface area (Å²) in [6.07, 6.45) is 6.46. The molecule has 0 aromatic carbocycles. The number of pyridine rings is 1. The van der Waals surface area contributed by atoms with Crippen molar-refractivity contribution in [3.8, 4) is 10.6 Å². The highest BCUT2D eigenvalue weighted by Gasteiger charge is 2.47. The van der Waals surface area contributed by atoms with Gasteiger partial charge in [-0.25, -0.2) is 9.97 Å². The number of aromatic nitrogens is 4. The molecule has 3 heterocycles. The van der Waals surface area contributed by atoms with Crippen molar-refractivity contribution in [3.63, 3.8) is 0 Å². The van der Waals surface area contributed by atoms with Gasteiger partial charge in [-0.2, -0.15) is 4.98 Å². The second-order valence-corrected chi connectivity index (χ2v) is 11.6. The van der Waals surface area contributed by atoms with Crippen LogP contribution in [0.2, 0.25) is 0 Å². The van der Waals surface area contributed by atoms with E-state index in [0.29, 0.717) is 42.1 Å². The third kappa shape index (κ3) is 3.96. The summed E-state index contributed by atoms with van der Waals surface area (Å²) in [5, 5.41) is 39.2. The lowest BCUT2D eigenvalue weighted by Crippen LogP contribution is -2.48. The Labute approximate surface area is 208 Å². The number of anilines is 2. The molecule has 186 valence electrons. The molecule has 6 unspecified atom stereocenters. The largest absolute Gasteiger partial charge is 0.396 e. The number of nitrogens with one attached hydrogen (secondary N) is 2. The summed E-state index contributed by atoms with van der Waals surface area (Å²) >= 11 is 1.53. The fourth-order valence-electron chi connectivity index (χ4n) is 6.29. The number of aryl methyl sites for hydroxylation is 2. The highest BCUT2D eigenvalue weighted by atomic mass is 32.1. The molecule has 3 aliphatic rings. The van der Waals surface area contributed by atoms with Crippen LogP contribution in [0.4, 0.5) is 11.8 Å². The lowest BCUT2D eigenvalue weighted by atomic mass is 9.95. The standard InChI is InChI=1S/C25H32N6O3S/c1-12-19(23-29-20-13(2)26-8-6-18(20)35-23)22(31-25(34)7-5-16(11-32)21(25)33)30-24(27-12)28-17-10-14-3-4-15(17)9-14/h6,8,14-17,21,32-34H,3-5,7,9-11H2,1-2H3,(H2,27,28,30,31). The third-order valence-corrected chi connectivity index (χ3v) is 9.29. The fourth-order valence-corrected chi connectivity index (χ4v) is 7.40. The normalized spacial score (nSPS) is 32.0. The van der Waals surface area contributed by atoms with Gasteiger partial charge in [0.05, 0.1) is 21.7 Å². The third-order valence-electron chi connectivity index (χ3n) is 8.25. The van der Waals surface area contributed by atoms with Gasteiger partial charge in [-0.1, -0.05) is 6.42 Å². The average Bonchev–Trinajstić information content (AvgIpc) is 3.59. The maximum absolute atomic E-state index is 11.3. The van der Waals surface area contributed by atoms with Crippen LogP contribution in [0.25, 0.3) is 20.8 Å². The van der Waals surface area contributed by atoms with Crippen LogP contribution in [-0.2, 0) is 0 Å². The number of hydrogen-bond donors (Lipinski definition) is 5.